The van der Waals surface area contributed by atoms with Gasteiger partial charge < -0.3 is 5.32 Å². The summed E-state index contributed by atoms with van der Waals surface area (Å²) in [5.41, 5.74) is 1.02. The second kappa shape index (κ2) is 5.27. The normalized spacial score (nSPS) is 9.85. The van der Waals surface area contributed by atoms with Gasteiger partial charge in [-0.2, -0.15) is 0 Å². The Balaban J connectivity index is 2.59. The highest BCUT2D eigenvalue weighted by molar-refractivity contribution is 7.80. The summed E-state index contributed by atoms with van der Waals surface area (Å²) < 4.78 is 0. The molecular formula is C11H11NS. The van der Waals surface area contributed by atoms with Crippen LogP contribution in [-0.4, -0.2) is 4.99 Å². The summed E-state index contributed by atoms with van der Waals surface area (Å²) in [6.45, 7) is 3.56. The summed E-state index contributed by atoms with van der Waals surface area (Å²) in [5.74, 6) is 0. The minimum absolute atomic E-state index is 0.721. The highest BCUT2D eigenvalue weighted by atomic mass is 32.1. The molecule has 0 saturated carbocycles. The van der Waals surface area contributed by atoms with Crippen LogP contribution >= 0.6 is 12.2 Å². The lowest BCUT2D eigenvalue weighted by atomic mass is 10.2. The maximum absolute atomic E-state index is 5.14. The average Bonchev–Trinajstić information content (AvgIpc) is 2.19. The average molecular weight is 189 g/mol. The zero-order valence-corrected chi connectivity index (χ0v) is 8.05. The van der Waals surface area contributed by atoms with Crippen molar-refractivity contribution in [2.24, 2.45) is 0 Å². The first-order valence-corrected chi connectivity index (χ1v) is 4.39. The van der Waals surface area contributed by atoms with Gasteiger partial charge in [-0.15, -0.1) is 0 Å². The molecule has 1 nitrogen and oxygen atoms in total. The molecule has 0 saturated heterocycles. The molecule has 0 aliphatic rings. The van der Waals surface area contributed by atoms with E-state index in [1.54, 1.807) is 18.4 Å². The van der Waals surface area contributed by atoms with Gasteiger partial charge in [-0.1, -0.05) is 55.2 Å². The predicted octanol–water partition coefficient (Wildman–Crippen LogP) is 2.65. The molecule has 0 aliphatic carbocycles. The van der Waals surface area contributed by atoms with Gasteiger partial charge in [-0.05, 0) is 6.08 Å². The summed E-state index contributed by atoms with van der Waals surface area (Å²) in [4.78, 5) is 0.721. The van der Waals surface area contributed by atoms with E-state index in [2.05, 4.69) is 11.9 Å². The topological polar surface area (TPSA) is 12.0 Å². The Hall–Kier alpha value is -1.41. The van der Waals surface area contributed by atoms with Gasteiger partial charge in [-0.25, -0.2) is 0 Å². The van der Waals surface area contributed by atoms with Gasteiger partial charge in [0, 0.05) is 11.8 Å². The van der Waals surface area contributed by atoms with Gasteiger partial charge in [0.1, 0.15) is 4.99 Å². The SMILES string of the molecule is C=C/C=C/NC(=S)c1ccccc1. The number of allylic oxidation sites excluding steroid dienone is 2. The highest BCUT2D eigenvalue weighted by Crippen LogP contribution is 1.98. The zero-order chi connectivity index (χ0) is 9.52. The summed E-state index contributed by atoms with van der Waals surface area (Å²) in [7, 11) is 0. The first-order valence-electron chi connectivity index (χ1n) is 3.98. The van der Waals surface area contributed by atoms with Crippen LogP contribution in [0.4, 0.5) is 0 Å². The number of hydrogen-bond acceptors (Lipinski definition) is 1. The smallest absolute Gasteiger partial charge is 0.110 e. The molecule has 0 heterocycles. The molecule has 0 aliphatic heterocycles. The van der Waals surface area contributed by atoms with Crippen LogP contribution < -0.4 is 5.32 Å². The molecule has 0 atom stereocenters. The number of hydrogen-bond donors (Lipinski definition) is 1. The fourth-order valence-electron chi connectivity index (χ4n) is 0.865. The minimum Gasteiger partial charge on any atom is -0.352 e. The molecule has 0 radical (unpaired) electrons. The second-order valence-electron chi connectivity index (χ2n) is 2.43. The summed E-state index contributed by atoms with van der Waals surface area (Å²) in [6.07, 6.45) is 5.26. The highest BCUT2D eigenvalue weighted by Gasteiger charge is 1.94. The molecular weight excluding hydrogens is 178 g/mol. The summed E-state index contributed by atoms with van der Waals surface area (Å²) in [5, 5.41) is 2.98. The van der Waals surface area contributed by atoms with Crippen molar-refractivity contribution in [3.8, 4) is 0 Å². The van der Waals surface area contributed by atoms with Crippen LogP contribution in [0.1, 0.15) is 5.56 Å². The Morgan fingerprint density at radius 2 is 2.00 bits per heavy atom. The molecule has 13 heavy (non-hydrogen) atoms. The third kappa shape index (κ3) is 3.22. The third-order valence-corrected chi connectivity index (χ3v) is 1.84. The number of thiocarbonyl (C=S) groups is 1. The third-order valence-electron chi connectivity index (χ3n) is 1.48. The van der Waals surface area contributed by atoms with E-state index in [0.29, 0.717) is 0 Å². The van der Waals surface area contributed by atoms with E-state index in [9.17, 15) is 0 Å². The maximum Gasteiger partial charge on any atom is 0.110 e. The molecule has 1 N–H and O–H groups in total. The Morgan fingerprint density at radius 1 is 1.31 bits per heavy atom. The van der Waals surface area contributed by atoms with E-state index in [0.717, 1.165) is 10.6 Å². The number of rotatable bonds is 3. The van der Waals surface area contributed by atoms with Crippen molar-refractivity contribution >= 4 is 17.2 Å². The molecule has 1 aromatic carbocycles. The molecule has 0 spiro atoms. The number of benzene rings is 1. The van der Waals surface area contributed by atoms with E-state index in [-0.39, 0.29) is 0 Å². The van der Waals surface area contributed by atoms with Gasteiger partial charge in [0.2, 0.25) is 0 Å². The van der Waals surface area contributed by atoms with Crippen LogP contribution in [0.5, 0.6) is 0 Å². The van der Waals surface area contributed by atoms with Gasteiger partial charge in [0.15, 0.2) is 0 Å². The van der Waals surface area contributed by atoms with Crippen molar-refractivity contribution in [3.63, 3.8) is 0 Å². The molecule has 2 heteroatoms. The minimum atomic E-state index is 0.721. The predicted molar refractivity (Wildman–Crippen MR) is 60.6 cm³/mol. The van der Waals surface area contributed by atoms with Crippen molar-refractivity contribution in [3.05, 3.63) is 60.8 Å². The lowest BCUT2D eigenvalue weighted by Gasteiger charge is -2.01. The maximum atomic E-state index is 5.14. The van der Waals surface area contributed by atoms with E-state index in [1.807, 2.05) is 30.3 Å². The van der Waals surface area contributed by atoms with Gasteiger partial charge in [0.25, 0.3) is 0 Å². The van der Waals surface area contributed by atoms with Crippen LogP contribution in [0.15, 0.2) is 55.3 Å². The molecule has 0 aromatic heterocycles. The first kappa shape index (κ1) is 9.68. The monoisotopic (exact) mass is 189 g/mol. The summed E-state index contributed by atoms with van der Waals surface area (Å²) in [6, 6.07) is 9.82. The Bertz CT molecular complexity index is 314. The fourth-order valence-corrected chi connectivity index (χ4v) is 1.07. The van der Waals surface area contributed by atoms with Gasteiger partial charge in [-0.3, -0.25) is 0 Å². The van der Waals surface area contributed by atoms with Gasteiger partial charge in [0.05, 0.1) is 0 Å². The molecule has 0 bridgehead atoms. The van der Waals surface area contributed by atoms with Crippen LogP contribution in [0.3, 0.4) is 0 Å². The standard InChI is InChI=1S/C11H11NS/c1-2-3-9-12-11(13)10-7-5-4-6-8-10/h2-9H,1H2,(H,12,13)/b9-3+. The Morgan fingerprint density at radius 3 is 2.62 bits per heavy atom. The molecule has 0 fully saturated rings. The molecule has 66 valence electrons. The van der Waals surface area contributed by atoms with Crippen LogP contribution in [-0.2, 0) is 0 Å². The van der Waals surface area contributed by atoms with Crippen LogP contribution in [0.25, 0.3) is 0 Å². The second-order valence-corrected chi connectivity index (χ2v) is 2.84. The largest absolute Gasteiger partial charge is 0.352 e. The van der Waals surface area contributed by atoms with E-state index < -0.39 is 0 Å². The van der Waals surface area contributed by atoms with E-state index in [4.69, 9.17) is 12.2 Å². The Kier molecular flexibility index (Phi) is 3.93. The van der Waals surface area contributed by atoms with E-state index in [1.165, 1.54) is 0 Å². The Labute approximate surface area is 83.8 Å². The van der Waals surface area contributed by atoms with Crippen molar-refractivity contribution < 1.29 is 0 Å². The molecule has 1 aromatic rings. The zero-order valence-electron chi connectivity index (χ0n) is 7.23. The lowest BCUT2D eigenvalue weighted by Crippen LogP contribution is -2.15. The summed E-state index contributed by atoms with van der Waals surface area (Å²) >= 11 is 5.14. The van der Waals surface area contributed by atoms with Crippen LogP contribution in [0, 0.1) is 0 Å². The van der Waals surface area contributed by atoms with Crippen LogP contribution in [0.2, 0.25) is 0 Å². The fraction of sp³-hybridized carbons (Fsp3) is 0. The van der Waals surface area contributed by atoms with Crippen molar-refractivity contribution in [2.75, 3.05) is 0 Å². The van der Waals surface area contributed by atoms with Crippen molar-refractivity contribution in [1.29, 1.82) is 0 Å². The first-order chi connectivity index (χ1) is 6.34. The van der Waals surface area contributed by atoms with Crippen molar-refractivity contribution in [2.45, 2.75) is 0 Å². The van der Waals surface area contributed by atoms with Gasteiger partial charge >= 0.3 is 0 Å². The lowest BCUT2D eigenvalue weighted by molar-refractivity contribution is 1.30. The quantitative estimate of drug-likeness (QED) is 0.579. The molecule has 0 amide bonds. The van der Waals surface area contributed by atoms with E-state index >= 15 is 0 Å². The van der Waals surface area contributed by atoms with Crippen molar-refractivity contribution in [1.82, 2.24) is 5.32 Å². The number of nitrogens with one attached hydrogen (secondary N) is 1. The molecule has 0 unspecified atom stereocenters. The molecule has 1 rings (SSSR count).